The first-order valence-electron chi connectivity index (χ1n) is 8.11. The van der Waals surface area contributed by atoms with Crippen LogP contribution in [-0.4, -0.2) is 35.6 Å². The molecule has 1 fully saturated rings. The monoisotopic (exact) mass is 289 g/mol. The smallest absolute Gasteiger partial charge is 0.335 e. The number of hydrogen-bond donors (Lipinski definition) is 1. The maximum atomic E-state index is 11.2. The molecule has 116 valence electrons. The average Bonchev–Trinajstić information content (AvgIpc) is 2.52. The molecule has 1 N–H and O–H groups in total. The molecule has 2 rings (SSSR count). The van der Waals surface area contributed by atoms with Crippen LogP contribution in [0.3, 0.4) is 0 Å². The van der Waals surface area contributed by atoms with Gasteiger partial charge in [0.05, 0.1) is 5.56 Å². The quantitative estimate of drug-likeness (QED) is 0.865. The molecule has 0 radical (unpaired) electrons. The second kappa shape index (κ2) is 7.60. The first kappa shape index (κ1) is 16.0. The van der Waals surface area contributed by atoms with Crippen LogP contribution in [0.25, 0.3) is 0 Å². The van der Waals surface area contributed by atoms with E-state index in [0.717, 1.165) is 24.4 Å². The van der Waals surface area contributed by atoms with Gasteiger partial charge in [0, 0.05) is 12.6 Å². The van der Waals surface area contributed by atoms with Crippen LogP contribution in [0.2, 0.25) is 0 Å². The van der Waals surface area contributed by atoms with Crippen molar-refractivity contribution in [3.63, 3.8) is 0 Å². The van der Waals surface area contributed by atoms with Crippen LogP contribution in [0, 0.1) is 5.92 Å². The van der Waals surface area contributed by atoms with Crippen LogP contribution in [0.5, 0.6) is 0 Å². The lowest BCUT2D eigenvalue weighted by atomic mass is 9.84. The average molecular weight is 289 g/mol. The zero-order valence-electron chi connectivity index (χ0n) is 13.2. The van der Waals surface area contributed by atoms with Crippen molar-refractivity contribution >= 4 is 5.97 Å². The molecule has 21 heavy (non-hydrogen) atoms. The van der Waals surface area contributed by atoms with Crippen LogP contribution in [0.1, 0.15) is 54.9 Å². The van der Waals surface area contributed by atoms with Crippen molar-refractivity contribution in [1.29, 1.82) is 0 Å². The van der Waals surface area contributed by atoms with Gasteiger partial charge in [0.1, 0.15) is 0 Å². The number of carboxylic acid groups (broad SMARTS) is 1. The molecule has 0 heterocycles. The van der Waals surface area contributed by atoms with E-state index in [1.807, 2.05) is 12.1 Å². The Bertz CT molecular complexity index is 466. The summed E-state index contributed by atoms with van der Waals surface area (Å²) in [5.74, 6) is -0.0213. The Morgan fingerprint density at radius 1 is 1.29 bits per heavy atom. The highest BCUT2D eigenvalue weighted by Crippen LogP contribution is 2.28. The molecule has 0 aromatic heterocycles. The standard InChI is InChI=1S/C18H27NO2/c1-14(15-8-4-3-5-9-15)19(2)13-12-16-10-6-7-11-17(16)18(20)21/h6-7,10-11,14-15H,3-5,8-9,12-13H2,1-2H3,(H,20,21). The number of nitrogens with zero attached hydrogens (tertiary/aromatic N) is 1. The summed E-state index contributed by atoms with van der Waals surface area (Å²) >= 11 is 0. The largest absolute Gasteiger partial charge is 0.478 e. The second-order valence-electron chi connectivity index (χ2n) is 6.33. The molecule has 0 amide bonds. The Hall–Kier alpha value is -1.35. The van der Waals surface area contributed by atoms with Crippen LogP contribution in [0.4, 0.5) is 0 Å². The fourth-order valence-corrected chi connectivity index (χ4v) is 3.42. The molecule has 1 aliphatic carbocycles. The van der Waals surface area contributed by atoms with Crippen molar-refractivity contribution in [2.45, 2.75) is 51.5 Å². The van der Waals surface area contributed by atoms with Gasteiger partial charge in [0.15, 0.2) is 0 Å². The van der Waals surface area contributed by atoms with E-state index in [1.165, 1.54) is 32.1 Å². The molecule has 1 saturated carbocycles. The van der Waals surface area contributed by atoms with E-state index in [9.17, 15) is 9.90 Å². The van der Waals surface area contributed by atoms with Gasteiger partial charge in [0.2, 0.25) is 0 Å². The summed E-state index contributed by atoms with van der Waals surface area (Å²) in [6, 6.07) is 7.93. The lowest BCUT2D eigenvalue weighted by Gasteiger charge is -2.34. The van der Waals surface area contributed by atoms with Crippen molar-refractivity contribution in [3.8, 4) is 0 Å². The van der Waals surface area contributed by atoms with Crippen molar-refractivity contribution in [2.24, 2.45) is 5.92 Å². The molecule has 1 unspecified atom stereocenters. The predicted octanol–water partition coefficient (Wildman–Crippen LogP) is 3.83. The second-order valence-corrected chi connectivity index (χ2v) is 6.33. The van der Waals surface area contributed by atoms with Crippen molar-refractivity contribution in [2.75, 3.05) is 13.6 Å². The third kappa shape index (κ3) is 4.31. The van der Waals surface area contributed by atoms with Gasteiger partial charge in [-0.2, -0.15) is 0 Å². The number of hydrogen-bond acceptors (Lipinski definition) is 2. The first-order valence-corrected chi connectivity index (χ1v) is 8.11. The molecule has 1 aromatic rings. The van der Waals surface area contributed by atoms with Gasteiger partial charge in [-0.3, -0.25) is 0 Å². The summed E-state index contributed by atoms with van der Waals surface area (Å²) in [4.78, 5) is 13.6. The summed E-state index contributed by atoms with van der Waals surface area (Å²) < 4.78 is 0. The van der Waals surface area contributed by atoms with Crippen molar-refractivity contribution in [3.05, 3.63) is 35.4 Å². The van der Waals surface area contributed by atoms with E-state index < -0.39 is 5.97 Å². The summed E-state index contributed by atoms with van der Waals surface area (Å²) in [6.07, 6.45) is 7.61. The minimum atomic E-state index is -0.825. The predicted molar refractivity (Wildman–Crippen MR) is 85.8 cm³/mol. The van der Waals surface area contributed by atoms with E-state index >= 15 is 0 Å². The van der Waals surface area contributed by atoms with Crippen LogP contribution >= 0.6 is 0 Å². The molecule has 0 spiro atoms. The van der Waals surface area contributed by atoms with Crippen molar-refractivity contribution < 1.29 is 9.90 Å². The lowest BCUT2D eigenvalue weighted by molar-refractivity contribution is 0.0695. The molecule has 1 atom stereocenters. The molecule has 0 saturated heterocycles. The minimum absolute atomic E-state index is 0.441. The zero-order chi connectivity index (χ0) is 15.2. The van der Waals surface area contributed by atoms with Crippen LogP contribution in [0.15, 0.2) is 24.3 Å². The number of likely N-dealkylation sites (N-methyl/N-ethyl adjacent to an activating group) is 1. The Kier molecular flexibility index (Phi) is 5.80. The van der Waals surface area contributed by atoms with Gasteiger partial charge in [-0.05, 0) is 50.8 Å². The molecule has 0 bridgehead atoms. The van der Waals surface area contributed by atoms with Gasteiger partial charge in [0.25, 0.3) is 0 Å². The third-order valence-electron chi connectivity index (χ3n) is 5.01. The molecular formula is C18H27NO2. The first-order chi connectivity index (χ1) is 10.1. The van der Waals surface area contributed by atoms with Gasteiger partial charge >= 0.3 is 5.97 Å². The van der Waals surface area contributed by atoms with Gasteiger partial charge in [-0.15, -0.1) is 0 Å². The van der Waals surface area contributed by atoms with E-state index in [-0.39, 0.29) is 0 Å². The van der Waals surface area contributed by atoms with Crippen LogP contribution < -0.4 is 0 Å². The van der Waals surface area contributed by atoms with Gasteiger partial charge in [-0.25, -0.2) is 4.79 Å². The number of rotatable bonds is 6. The number of carbonyl (C=O) groups is 1. The Labute approximate surface area is 128 Å². The van der Waals surface area contributed by atoms with E-state index in [0.29, 0.717) is 11.6 Å². The highest BCUT2D eigenvalue weighted by molar-refractivity contribution is 5.89. The summed E-state index contributed by atoms with van der Waals surface area (Å²) in [6.45, 7) is 3.24. The molecule has 3 heteroatoms. The summed E-state index contributed by atoms with van der Waals surface area (Å²) in [5.41, 5.74) is 1.38. The fraction of sp³-hybridized carbons (Fsp3) is 0.611. The summed E-state index contributed by atoms with van der Waals surface area (Å²) in [5, 5.41) is 9.23. The summed E-state index contributed by atoms with van der Waals surface area (Å²) in [7, 11) is 2.17. The highest BCUT2D eigenvalue weighted by Gasteiger charge is 2.23. The minimum Gasteiger partial charge on any atom is -0.478 e. The SMILES string of the molecule is CC(C1CCCCC1)N(C)CCc1ccccc1C(=O)O. The highest BCUT2D eigenvalue weighted by atomic mass is 16.4. The van der Waals surface area contributed by atoms with E-state index in [2.05, 4.69) is 18.9 Å². The van der Waals surface area contributed by atoms with Gasteiger partial charge < -0.3 is 10.0 Å². The topological polar surface area (TPSA) is 40.5 Å². The molecule has 3 nitrogen and oxygen atoms in total. The zero-order valence-corrected chi connectivity index (χ0v) is 13.2. The van der Waals surface area contributed by atoms with E-state index in [1.54, 1.807) is 12.1 Å². The maximum Gasteiger partial charge on any atom is 0.335 e. The Morgan fingerprint density at radius 3 is 2.62 bits per heavy atom. The van der Waals surface area contributed by atoms with Crippen LogP contribution in [-0.2, 0) is 6.42 Å². The van der Waals surface area contributed by atoms with Crippen molar-refractivity contribution in [1.82, 2.24) is 4.90 Å². The number of carboxylic acids is 1. The molecule has 1 aromatic carbocycles. The molecule has 0 aliphatic heterocycles. The Balaban J connectivity index is 1.91. The molecular weight excluding hydrogens is 262 g/mol. The third-order valence-corrected chi connectivity index (χ3v) is 5.01. The lowest BCUT2D eigenvalue weighted by Crippen LogP contribution is -2.37. The van der Waals surface area contributed by atoms with E-state index in [4.69, 9.17) is 0 Å². The Morgan fingerprint density at radius 2 is 1.95 bits per heavy atom. The normalized spacial score (nSPS) is 17.9. The number of aromatic carboxylic acids is 1. The number of benzene rings is 1. The molecule has 1 aliphatic rings. The van der Waals surface area contributed by atoms with Gasteiger partial charge in [-0.1, -0.05) is 37.5 Å². The fourth-order valence-electron chi connectivity index (χ4n) is 3.42. The maximum absolute atomic E-state index is 11.2.